The summed E-state index contributed by atoms with van der Waals surface area (Å²) in [7, 11) is 0. The summed E-state index contributed by atoms with van der Waals surface area (Å²) in [6, 6.07) is 10.7. The van der Waals surface area contributed by atoms with Gasteiger partial charge in [0.05, 0.1) is 15.8 Å². The van der Waals surface area contributed by atoms with E-state index in [0.717, 1.165) is 15.8 Å². The van der Waals surface area contributed by atoms with Gasteiger partial charge in [-0.05, 0) is 42.7 Å². The molecule has 2 N–H and O–H groups in total. The van der Waals surface area contributed by atoms with E-state index in [1.54, 1.807) is 6.07 Å². The van der Waals surface area contributed by atoms with E-state index in [2.05, 4.69) is 15.6 Å². The van der Waals surface area contributed by atoms with E-state index in [1.807, 2.05) is 39.0 Å². The van der Waals surface area contributed by atoms with E-state index in [9.17, 15) is 14.0 Å². The lowest BCUT2D eigenvalue weighted by Gasteiger charge is -2.21. The van der Waals surface area contributed by atoms with Gasteiger partial charge in [0.1, 0.15) is 11.9 Å². The van der Waals surface area contributed by atoms with Gasteiger partial charge in [0, 0.05) is 0 Å². The van der Waals surface area contributed by atoms with Crippen LogP contribution in [0.3, 0.4) is 0 Å². The van der Waals surface area contributed by atoms with Crippen LogP contribution in [0.1, 0.15) is 29.8 Å². The van der Waals surface area contributed by atoms with Gasteiger partial charge in [0.25, 0.3) is 5.91 Å². The molecule has 0 unspecified atom stereocenters. The molecule has 3 rings (SSSR count). The van der Waals surface area contributed by atoms with Crippen LogP contribution in [0.15, 0.2) is 42.5 Å². The zero-order valence-corrected chi connectivity index (χ0v) is 16.1. The van der Waals surface area contributed by atoms with Crippen molar-refractivity contribution in [3.05, 3.63) is 59.4 Å². The van der Waals surface area contributed by atoms with Crippen LogP contribution < -0.4 is 10.6 Å². The molecule has 0 saturated heterocycles. The van der Waals surface area contributed by atoms with Crippen molar-refractivity contribution >= 4 is 38.5 Å². The molecule has 3 aromatic rings. The minimum atomic E-state index is -0.814. The number of aryl methyl sites for hydroxylation is 1. The van der Waals surface area contributed by atoms with Gasteiger partial charge in [-0.15, -0.1) is 0 Å². The Hall–Kier alpha value is -2.80. The minimum Gasteiger partial charge on any atom is -0.340 e. The van der Waals surface area contributed by atoms with E-state index in [0.29, 0.717) is 5.13 Å². The van der Waals surface area contributed by atoms with Crippen molar-refractivity contribution in [2.45, 2.75) is 26.8 Å². The Kier molecular flexibility index (Phi) is 5.51. The molecule has 27 heavy (non-hydrogen) atoms. The zero-order valence-electron chi connectivity index (χ0n) is 15.2. The number of thiazole rings is 1. The van der Waals surface area contributed by atoms with Crippen molar-refractivity contribution < 1.29 is 14.0 Å². The molecule has 0 saturated carbocycles. The largest absolute Gasteiger partial charge is 0.340 e. The molecular weight excluding hydrogens is 365 g/mol. The van der Waals surface area contributed by atoms with Crippen LogP contribution >= 0.6 is 11.3 Å². The lowest BCUT2D eigenvalue weighted by atomic mass is 10.0. The number of halogens is 1. The summed E-state index contributed by atoms with van der Waals surface area (Å²) in [6.45, 7) is 5.62. The highest BCUT2D eigenvalue weighted by Crippen LogP contribution is 2.27. The van der Waals surface area contributed by atoms with Crippen LogP contribution in [0.4, 0.5) is 9.52 Å². The molecule has 0 radical (unpaired) electrons. The third-order valence-corrected chi connectivity index (χ3v) is 5.06. The average molecular weight is 385 g/mol. The number of aromatic nitrogens is 1. The van der Waals surface area contributed by atoms with E-state index in [4.69, 9.17) is 0 Å². The zero-order chi connectivity index (χ0) is 19.6. The van der Waals surface area contributed by atoms with Crippen molar-refractivity contribution in [3.63, 3.8) is 0 Å². The molecule has 140 valence electrons. The van der Waals surface area contributed by atoms with Crippen LogP contribution in [0.5, 0.6) is 0 Å². The number of nitrogens with zero attached hydrogens (tertiary/aromatic N) is 1. The lowest BCUT2D eigenvalue weighted by molar-refractivity contribution is -0.118. The number of anilines is 1. The highest BCUT2D eigenvalue weighted by molar-refractivity contribution is 7.22. The number of amides is 2. The first-order valence-electron chi connectivity index (χ1n) is 8.58. The summed E-state index contributed by atoms with van der Waals surface area (Å²) in [4.78, 5) is 29.5. The first kappa shape index (κ1) is 19.0. The molecule has 2 amide bonds. The van der Waals surface area contributed by atoms with Crippen molar-refractivity contribution in [2.75, 3.05) is 5.32 Å². The first-order chi connectivity index (χ1) is 12.8. The van der Waals surface area contributed by atoms with Crippen molar-refractivity contribution in [1.29, 1.82) is 0 Å². The number of carbonyl (C=O) groups excluding carboxylic acids is 2. The third kappa shape index (κ3) is 4.31. The topological polar surface area (TPSA) is 71.1 Å². The fourth-order valence-corrected chi connectivity index (χ4v) is 3.63. The highest BCUT2D eigenvalue weighted by atomic mass is 32.1. The van der Waals surface area contributed by atoms with Gasteiger partial charge in [0.15, 0.2) is 5.13 Å². The highest BCUT2D eigenvalue weighted by Gasteiger charge is 2.26. The van der Waals surface area contributed by atoms with Crippen LogP contribution in [0.2, 0.25) is 0 Å². The van der Waals surface area contributed by atoms with Crippen molar-refractivity contribution in [2.24, 2.45) is 5.92 Å². The number of fused-ring (bicyclic) bond motifs is 1. The fraction of sp³-hybridized carbons (Fsp3) is 0.250. The molecule has 7 heteroatoms. The Morgan fingerprint density at radius 1 is 1.15 bits per heavy atom. The summed E-state index contributed by atoms with van der Waals surface area (Å²) < 4.78 is 14.8. The summed E-state index contributed by atoms with van der Waals surface area (Å²) in [6.07, 6.45) is 0. The van der Waals surface area contributed by atoms with E-state index >= 15 is 0 Å². The number of hydrogen-bond acceptors (Lipinski definition) is 4. The summed E-state index contributed by atoms with van der Waals surface area (Å²) >= 11 is 1.37. The van der Waals surface area contributed by atoms with Gasteiger partial charge in [0.2, 0.25) is 5.91 Å². The van der Waals surface area contributed by atoms with Crippen molar-refractivity contribution in [1.82, 2.24) is 10.3 Å². The number of nitrogens with one attached hydrogen (secondary N) is 2. The quantitative estimate of drug-likeness (QED) is 0.693. The van der Waals surface area contributed by atoms with E-state index in [1.165, 1.54) is 29.5 Å². The van der Waals surface area contributed by atoms with Gasteiger partial charge in [-0.25, -0.2) is 9.37 Å². The van der Waals surface area contributed by atoms with Gasteiger partial charge >= 0.3 is 0 Å². The van der Waals surface area contributed by atoms with Gasteiger partial charge in [-0.3, -0.25) is 9.59 Å². The second kappa shape index (κ2) is 7.84. The molecule has 0 fully saturated rings. The number of rotatable bonds is 5. The molecule has 0 aliphatic heterocycles. The average Bonchev–Trinajstić information content (AvgIpc) is 3.00. The smallest absolute Gasteiger partial charge is 0.254 e. The molecule has 0 spiro atoms. The normalized spacial score (nSPS) is 12.2. The van der Waals surface area contributed by atoms with E-state index < -0.39 is 17.8 Å². The maximum Gasteiger partial charge on any atom is 0.254 e. The molecule has 1 heterocycles. The number of carbonyl (C=O) groups is 2. The Bertz CT molecular complexity index is 1000. The second-order valence-corrected chi connectivity index (χ2v) is 7.69. The van der Waals surface area contributed by atoms with Crippen LogP contribution in [0, 0.1) is 18.7 Å². The predicted molar refractivity (Wildman–Crippen MR) is 105 cm³/mol. The molecule has 0 aliphatic carbocycles. The second-order valence-electron chi connectivity index (χ2n) is 6.65. The molecule has 2 aromatic carbocycles. The minimum absolute atomic E-state index is 0.0913. The molecule has 0 aliphatic rings. The number of benzene rings is 2. The summed E-state index contributed by atoms with van der Waals surface area (Å²) in [5.41, 5.74) is 1.82. The van der Waals surface area contributed by atoms with Crippen LogP contribution in [0.25, 0.3) is 10.2 Å². The molecule has 1 aromatic heterocycles. The van der Waals surface area contributed by atoms with Gasteiger partial charge in [-0.1, -0.05) is 43.4 Å². The standard InChI is InChI=1S/C20H20FN3O2S/c1-11(2)17(23-18(25)13-6-4-5-7-14(13)21)19(26)24-20-22-15-9-8-12(3)10-16(15)27-20/h4-11,17H,1-3H3,(H,23,25)(H,22,24,26)/t17-/m0/s1. The third-order valence-electron chi connectivity index (χ3n) is 4.13. The lowest BCUT2D eigenvalue weighted by Crippen LogP contribution is -2.47. The maximum absolute atomic E-state index is 13.8. The Morgan fingerprint density at radius 3 is 2.59 bits per heavy atom. The van der Waals surface area contributed by atoms with Gasteiger partial charge in [-0.2, -0.15) is 0 Å². The van der Waals surface area contributed by atoms with Crippen LogP contribution in [-0.2, 0) is 4.79 Å². The maximum atomic E-state index is 13.8. The Morgan fingerprint density at radius 2 is 1.89 bits per heavy atom. The molecule has 1 atom stereocenters. The summed E-state index contributed by atoms with van der Waals surface area (Å²) in [5, 5.41) is 5.85. The monoisotopic (exact) mass is 385 g/mol. The van der Waals surface area contributed by atoms with Gasteiger partial charge < -0.3 is 10.6 Å². The summed E-state index contributed by atoms with van der Waals surface area (Å²) in [5.74, 6) is -1.82. The molecular formula is C20H20FN3O2S. The molecule has 5 nitrogen and oxygen atoms in total. The van der Waals surface area contributed by atoms with E-state index in [-0.39, 0.29) is 17.4 Å². The Labute approximate surface area is 160 Å². The first-order valence-corrected chi connectivity index (χ1v) is 9.40. The molecule has 0 bridgehead atoms. The number of hydrogen-bond donors (Lipinski definition) is 2. The van der Waals surface area contributed by atoms with Crippen molar-refractivity contribution in [3.8, 4) is 0 Å². The SMILES string of the molecule is Cc1ccc2nc(NC(=O)[C@@H](NC(=O)c3ccccc3F)C(C)C)sc2c1. The fourth-order valence-electron chi connectivity index (χ4n) is 2.67. The van der Waals surface area contributed by atoms with Crippen LogP contribution in [-0.4, -0.2) is 22.8 Å². The predicted octanol–water partition coefficient (Wildman–Crippen LogP) is 4.14. The Balaban J connectivity index is 1.76.